The number of sulfone groups is 1. The summed E-state index contributed by atoms with van der Waals surface area (Å²) in [5, 5.41) is 2.48. The normalized spacial score (nSPS) is 18.7. The molecule has 2 amide bonds. The predicted octanol–water partition coefficient (Wildman–Crippen LogP) is 1.00. The van der Waals surface area contributed by atoms with E-state index in [4.69, 9.17) is 4.74 Å². The Morgan fingerprint density at radius 1 is 1.24 bits per heavy atom. The van der Waals surface area contributed by atoms with E-state index < -0.39 is 39.8 Å². The molecule has 8 nitrogen and oxygen atoms in total. The topological polar surface area (TPSA) is 110 Å². The summed E-state index contributed by atoms with van der Waals surface area (Å²) >= 11 is 0. The molecular formula is C20H28N2O6S. The molecule has 1 N–H and O–H groups in total. The average Bonchev–Trinajstić information content (AvgIpc) is 3.01. The number of carbonyl (C=O) groups excluding carboxylic acids is 3. The minimum absolute atomic E-state index is 0.0557. The molecule has 9 heteroatoms. The van der Waals surface area contributed by atoms with Crippen molar-refractivity contribution >= 4 is 27.6 Å². The zero-order valence-electron chi connectivity index (χ0n) is 17.2. The monoisotopic (exact) mass is 424 g/mol. The second kappa shape index (κ2) is 9.39. The SMILES string of the molecule is CCN(C(=O)[C@H](C)OC(=O)CNC(=O)c1ccc(C)c(C)c1)[C@@H]1CCS(=O)(=O)C1. The van der Waals surface area contributed by atoms with Gasteiger partial charge in [0.1, 0.15) is 6.54 Å². The highest BCUT2D eigenvalue weighted by Crippen LogP contribution is 2.19. The molecule has 0 aliphatic carbocycles. The highest BCUT2D eigenvalue weighted by molar-refractivity contribution is 7.91. The molecule has 0 saturated carbocycles. The third-order valence-electron chi connectivity index (χ3n) is 5.09. The van der Waals surface area contributed by atoms with E-state index in [9.17, 15) is 22.8 Å². The quantitative estimate of drug-likeness (QED) is 0.654. The number of ether oxygens (including phenoxy) is 1. The molecule has 1 aromatic rings. The van der Waals surface area contributed by atoms with Gasteiger partial charge in [-0.15, -0.1) is 0 Å². The van der Waals surface area contributed by atoms with Crippen LogP contribution in [0, 0.1) is 13.8 Å². The lowest BCUT2D eigenvalue weighted by Crippen LogP contribution is -2.47. The van der Waals surface area contributed by atoms with Gasteiger partial charge < -0.3 is 15.0 Å². The van der Waals surface area contributed by atoms with Crippen LogP contribution in [-0.2, 0) is 24.2 Å². The number of hydrogen-bond donors (Lipinski definition) is 1. The van der Waals surface area contributed by atoms with Crippen molar-refractivity contribution in [2.24, 2.45) is 0 Å². The molecular weight excluding hydrogens is 396 g/mol. The smallest absolute Gasteiger partial charge is 0.326 e. The largest absolute Gasteiger partial charge is 0.451 e. The van der Waals surface area contributed by atoms with Crippen LogP contribution in [0.15, 0.2) is 18.2 Å². The van der Waals surface area contributed by atoms with Gasteiger partial charge in [0.2, 0.25) is 0 Å². The maximum atomic E-state index is 12.6. The van der Waals surface area contributed by atoms with E-state index in [1.165, 1.54) is 11.8 Å². The molecule has 0 aromatic heterocycles. The van der Waals surface area contributed by atoms with Crippen molar-refractivity contribution in [3.05, 3.63) is 34.9 Å². The standard InChI is InChI=1S/C20H28N2O6S/c1-5-22(17-8-9-29(26,27)12-17)20(25)15(4)28-18(23)11-21-19(24)16-7-6-13(2)14(3)10-16/h6-7,10,15,17H,5,8-9,11-12H2,1-4H3,(H,21,24)/t15-,17+/m0/s1. The Morgan fingerprint density at radius 2 is 1.93 bits per heavy atom. The molecule has 1 aliphatic rings. The van der Waals surface area contributed by atoms with Crippen LogP contribution in [0.5, 0.6) is 0 Å². The molecule has 160 valence electrons. The highest BCUT2D eigenvalue weighted by atomic mass is 32.2. The van der Waals surface area contributed by atoms with Crippen LogP contribution >= 0.6 is 0 Å². The van der Waals surface area contributed by atoms with Crippen LogP contribution in [0.4, 0.5) is 0 Å². The van der Waals surface area contributed by atoms with Gasteiger partial charge in [0, 0.05) is 18.2 Å². The third kappa shape index (κ3) is 6.03. The van der Waals surface area contributed by atoms with Crippen LogP contribution < -0.4 is 5.32 Å². The van der Waals surface area contributed by atoms with Crippen LogP contribution in [0.25, 0.3) is 0 Å². The van der Waals surface area contributed by atoms with Crippen molar-refractivity contribution in [2.45, 2.75) is 46.3 Å². The summed E-state index contributed by atoms with van der Waals surface area (Å²) in [6.07, 6.45) is -0.682. The van der Waals surface area contributed by atoms with Crippen molar-refractivity contribution in [3.63, 3.8) is 0 Å². The van der Waals surface area contributed by atoms with Gasteiger partial charge in [-0.2, -0.15) is 0 Å². The summed E-state index contributed by atoms with van der Waals surface area (Å²) in [5.41, 5.74) is 2.46. The number of rotatable bonds is 7. The first-order chi connectivity index (χ1) is 13.5. The molecule has 0 spiro atoms. The molecule has 1 aliphatic heterocycles. The van der Waals surface area contributed by atoms with Crippen molar-refractivity contribution in [1.29, 1.82) is 0 Å². The summed E-state index contributed by atoms with van der Waals surface area (Å²) in [6.45, 7) is 6.98. The van der Waals surface area contributed by atoms with E-state index in [1.54, 1.807) is 19.1 Å². The zero-order valence-corrected chi connectivity index (χ0v) is 18.0. The molecule has 1 saturated heterocycles. The molecule has 1 fully saturated rings. The van der Waals surface area contributed by atoms with Gasteiger partial charge in [0.05, 0.1) is 11.5 Å². The molecule has 2 rings (SSSR count). The number of carbonyl (C=O) groups is 3. The lowest BCUT2D eigenvalue weighted by molar-refractivity contribution is -0.159. The number of esters is 1. The fourth-order valence-electron chi connectivity index (χ4n) is 3.28. The summed E-state index contributed by atoms with van der Waals surface area (Å²) < 4.78 is 28.5. The van der Waals surface area contributed by atoms with Gasteiger partial charge in [-0.25, -0.2) is 8.42 Å². The van der Waals surface area contributed by atoms with Crippen molar-refractivity contribution in [2.75, 3.05) is 24.6 Å². The summed E-state index contributed by atoms with van der Waals surface area (Å²) in [7, 11) is -3.13. The minimum Gasteiger partial charge on any atom is -0.451 e. The number of nitrogens with zero attached hydrogens (tertiary/aromatic N) is 1. The Balaban J connectivity index is 1.88. The van der Waals surface area contributed by atoms with Crippen LogP contribution in [-0.4, -0.2) is 67.8 Å². The Bertz CT molecular complexity index is 896. The van der Waals surface area contributed by atoms with E-state index in [0.717, 1.165) is 11.1 Å². The number of amides is 2. The number of hydrogen-bond acceptors (Lipinski definition) is 6. The van der Waals surface area contributed by atoms with E-state index >= 15 is 0 Å². The van der Waals surface area contributed by atoms with Crippen LogP contribution in [0.3, 0.4) is 0 Å². The lowest BCUT2D eigenvalue weighted by Gasteiger charge is -2.29. The van der Waals surface area contributed by atoms with Crippen molar-refractivity contribution < 1.29 is 27.5 Å². The third-order valence-corrected chi connectivity index (χ3v) is 6.84. The summed E-state index contributed by atoms with van der Waals surface area (Å²) in [5.74, 6) is -1.60. The number of aryl methyl sites for hydroxylation is 2. The molecule has 1 heterocycles. The maximum Gasteiger partial charge on any atom is 0.326 e. The number of benzene rings is 1. The first-order valence-corrected chi connectivity index (χ1v) is 11.4. The average molecular weight is 425 g/mol. The Hall–Kier alpha value is -2.42. The maximum absolute atomic E-state index is 12.6. The summed E-state index contributed by atoms with van der Waals surface area (Å²) in [6, 6.07) is 4.83. The second-order valence-corrected chi connectivity index (χ2v) is 9.52. The van der Waals surface area contributed by atoms with Gasteiger partial charge in [-0.05, 0) is 57.4 Å². The minimum atomic E-state index is -3.13. The van der Waals surface area contributed by atoms with E-state index in [-0.39, 0.29) is 18.1 Å². The molecule has 1 aromatic carbocycles. The highest BCUT2D eigenvalue weighted by Gasteiger charge is 2.36. The van der Waals surface area contributed by atoms with Gasteiger partial charge in [0.15, 0.2) is 15.9 Å². The van der Waals surface area contributed by atoms with E-state index in [0.29, 0.717) is 18.5 Å². The van der Waals surface area contributed by atoms with Crippen molar-refractivity contribution in [1.82, 2.24) is 10.2 Å². The zero-order chi connectivity index (χ0) is 21.8. The van der Waals surface area contributed by atoms with E-state index in [1.807, 2.05) is 19.9 Å². The molecule has 0 bridgehead atoms. The van der Waals surface area contributed by atoms with Crippen molar-refractivity contribution in [3.8, 4) is 0 Å². The van der Waals surface area contributed by atoms with Gasteiger partial charge in [-0.1, -0.05) is 6.07 Å². The molecule has 2 atom stereocenters. The number of likely N-dealkylation sites (N-methyl/N-ethyl adjacent to an activating group) is 1. The summed E-state index contributed by atoms with van der Waals surface area (Å²) in [4.78, 5) is 38.3. The van der Waals surface area contributed by atoms with Gasteiger partial charge in [0.25, 0.3) is 11.8 Å². The Kier molecular flexibility index (Phi) is 7.40. The molecule has 0 unspecified atom stereocenters. The fraction of sp³-hybridized carbons (Fsp3) is 0.550. The predicted molar refractivity (Wildman–Crippen MR) is 108 cm³/mol. The van der Waals surface area contributed by atoms with Crippen LogP contribution in [0.2, 0.25) is 0 Å². The fourth-order valence-corrected chi connectivity index (χ4v) is 5.01. The van der Waals surface area contributed by atoms with Gasteiger partial charge >= 0.3 is 5.97 Å². The first-order valence-electron chi connectivity index (χ1n) is 9.60. The number of nitrogens with one attached hydrogen (secondary N) is 1. The van der Waals surface area contributed by atoms with E-state index in [2.05, 4.69) is 5.32 Å². The molecule has 0 radical (unpaired) electrons. The van der Waals surface area contributed by atoms with Crippen LogP contribution in [0.1, 0.15) is 41.8 Å². The Labute approximate surface area is 171 Å². The van der Waals surface area contributed by atoms with Gasteiger partial charge in [-0.3, -0.25) is 14.4 Å². The lowest BCUT2D eigenvalue weighted by atomic mass is 10.1. The molecule has 29 heavy (non-hydrogen) atoms. The Morgan fingerprint density at radius 3 is 2.48 bits per heavy atom. The first kappa shape index (κ1) is 22.9. The second-order valence-electron chi connectivity index (χ2n) is 7.29.